The lowest BCUT2D eigenvalue weighted by atomic mass is 10.0. The number of para-hydroxylation sites is 1. The molecule has 3 nitrogen and oxygen atoms in total. The maximum atomic E-state index is 12.2. The number of amides is 1. The molecule has 0 saturated carbocycles. The predicted octanol–water partition coefficient (Wildman–Crippen LogP) is 3.60. The number of ether oxygens (including phenoxy) is 1. The van der Waals surface area contributed by atoms with Gasteiger partial charge in [-0.2, -0.15) is 11.8 Å². The average molecular weight is 327 g/mol. The van der Waals surface area contributed by atoms with Crippen molar-refractivity contribution in [3.05, 3.63) is 65.7 Å². The molecule has 0 unspecified atom stereocenters. The summed E-state index contributed by atoms with van der Waals surface area (Å²) >= 11 is 1.68. The molecule has 2 aromatic rings. The number of benzene rings is 2. The van der Waals surface area contributed by atoms with Crippen molar-refractivity contribution in [2.45, 2.75) is 18.9 Å². The summed E-state index contributed by atoms with van der Waals surface area (Å²) in [4.78, 5) is 12.2. The zero-order valence-corrected chi connectivity index (χ0v) is 13.9. The summed E-state index contributed by atoms with van der Waals surface area (Å²) in [5, 5.41) is 3.13. The molecule has 0 fully saturated rings. The van der Waals surface area contributed by atoms with Gasteiger partial charge in [-0.15, -0.1) is 0 Å². The molecule has 0 aromatic heterocycles. The van der Waals surface area contributed by atoms with Crippen molar-refractivity contribution < 1.29 is 9.53 Å². The van der Waals surface area contributed by atoms with Gasteiger partial charge in [0.15, 0.2) is 0 Å². The first-order valence-corrected chi connectivity index (χ1v) is 9.11. The van der Waals surface area contributed by atoms with Gasteiger partial charge in [0, 0.05) is 12.0 Å². The quantitative estimate of drug-likeness (QED) is 0.824. The van der Waals surface area contributed by atoms with Crippen LogP contribution < -0.4 is 10.1 Å². The van der Waals surface area contributed by atoms with Crippen molar-refractivity contribution >= 4 is 17.7 Å². The van der Waals surface area contributed by atoms with Gasteiger partial charge >= 0.3 is 0 Å². The summed E-state index contributed by atoms with van der Waals surface area (Å²) in [5.74, 6) is 2.46. The molecule has 1 amide bonds. The van der Waals surface area contributed by atoms with E-state index in [0.29, 0.717) is 12.4 Å². The topological polar surface area (TPSA) is 38.3 Å². The van der Waals surface area contributed by atoms with Crippen LogP contribution in [-0.2, 0) is 11.2 Å². The minimum absolute atomic E-state index is 0.0715. The van der Waals surface area contributed by atoms with Crippen LogP contribution in [0.4, 0.5) is 0 Å². The number of rotatable bonds is 6. The smallest absolute Gasteiger partial charge is 0.230 e. The number of carbonyl (C=O) groups excluding carboxylic acids is 1. The second-order valence-corrected chi connectivity index (χ2v) is 6.69. The first kappa shape index (κ1) is 15.9. The van der Waals surface area contributed by atoms with Crippen LogP contribution in [0.3, 0.4) is 0 Å². The number of nitrogens with one attached hydrogen (secondary N) is 1. The number of thioether (sulfide) groups is 1. The summed E-state index contributed by atoms with van der Waals surface area (Å²) < 4.78 is 5.63. The number of hydrogen-bond acceptors (Lipinski definition) is 3. The fraction of sp³-hybridized carbons (Fsp3) is 0.316. The summed E-state index contributed by atoms with van der Waals surface area (Å²) in [6.07, 6.45) is 1.83. The Kier molecular flexibility index (Phi) is 5.59. The predicted molar refractivity (Wildman–Crippen MR) is 94.9 cm³/mol. The molecular formula is C19H21NO2S. The van der Waals surface area contributed by atoms with E-state index in [4.69, 9.17) is 4.74 Å². The van der Waals surface area contributed by atoms with Crippen molar-refractivity contribution in [1.29, 1.82) is 0 Å². The molecule has 1 atom stereocenters. The summed E-state index contributed by atoms with van der Waals surface area (Å²) in [6, 6.07) is 18.4. The van der Waals surface area contributed by atoms with Crippen molar-refractivity contribution in [3.63, 3.8) is 0 Å². The molecular weight excluding hydrogens is 306 g/mol. The van der Waals surface area contributed by atoms with Gasteiger partial charge in [0.2, 0.25) is 5.91 Å². The van der Waals surface area contributed by atoms with Crippen molar-refractivity contribution in [2.75, 3.05) is 18.1 Å². The average Bonchev–Trinajstić information content (AvgIpc) is 2.60. The van der Waals surface area contributed by atoms with Crippen LogP contribution in [-0.4, -0.2) is 24.0 Å². The zero-order valence-electron chi connectivity index (χ0n) is 13.0. The van der Waals surface area contributed by atoms with Crippen molar-refractivity contribution in [2.24, 2.45) is 0 Å². The molecule has 0 spiro atoms. The van der Waals surface area contributed by atoms with E-state index in [1.807, 2.05) is 30.3 Å². The van der Waals surface area contributed by atoms with Gasteiger partial charge in [0.25, 0.3) is 0 Å². The molecule has 23 heavy (non-hydrogen) atoms. The molecule has 1 heterocycles. The van der Waals surface area contributed by atoms with Gasteiger partial charge in [-0.3, -0.25) is 4.79 Å². The van der Waals surface area contributed by atoms with E-state index in [2.05, 4.69) is 29.6 Å². The lowest BCUT2D eigenvalue weighted by Gasteiger charge is -2.26. The lowest BCUT2D eigenvalue weighted by molar-refractivity contribution is -0.119. The highest BCUT2D eigenvalue weighted by Gasteiger charge is 2.22. The van der Waals surface area contributed by atoms with E-state index in [9.17, 15) is 4.79 Å². The molecule has 2 aromatic carbocycles. The molecule has 4 heteroatoms. The van der Waals surface area contributed by atoms with E-state index < -0.39 is 0 Å². The van der Waals surface area contributed by atoms with Gasteiger partial charge < -0.3 is 10.1 Å². The highest BCUT2D eigenvalue weighted by atomic mass is 32.2. The Morgan fingerprint density at radius 3 is 2.78 bits per heavy atom. The molecule has 0 radical (unpaired) electrons. The first-order chi connectivity index (χ1) is 11.3. The minimum atomic E-state index is 0.0715. The highest BCUT2D eigenvalue weighted by molar-refractivity contribution is 7.99. The molecule has 120 valence electrons. The third-order valence-electron chi connectivity index (χ3n) is 3.90. The van der Waals surface area contributed by atoms with Crippen LogP contribution in [0.2, 0.25) is 0 Å². The Morgan fingerprint density at radius 1 is 1.13 bits per heavy atom. The Hall–Kier alpha value is -1.94. The van der Waals surface area contributed by atoms with E-state index in [1.165, 1.54) is 5.56 Å². The van der Waals surface area contributed by atoms with Crippen LogP contribution in [0.25, 0.3) is 0 Å². The second-order valence-electron chi connectivity index (χ2n) is 5.58. The Balaban J connectivity index is 1.43. The molecule has 0 bridgehead atoms. The van der Waals surface area contributed by atoms with Gasteiger partial charge in [0.05, 0.1) is 18.4 Å². The van der Waals surface area contributed by atoms with E-state index in [1.54, 1.807) is 11.8 Å². The van der Waals surface area contributed by atoms with E-state index in [0.717, 1.165) is 29.9 Å². The molecule has 1 aliphatic rings. The summed E-state index contributed by atoms with van der Waals surface area (Å²) in [5.41, 5.74) is 2.40. The number of hydrogen-bond donors (Lipinski definition) is 1. The normalized spacial score (nSPS) is 16.3. The van der Waals surface area contributed by atoms with Crippen LogP contribution in [0, 0.1) is 0 Å². The number of fused-ring (bicyclic) bond motifs is 1. The Bertz CT molecular complexity index is 645. The maximum Gasteiger partial charge on any atom is 0.230 e. The van der Waals surface area contributed by atoms with Crippen LogP contribution >= 0.6 is 11.8 Å². The Morgan fingerprint density at radius 2 is 1.91 bits per heavy atom. The van der Waals surface area contributed by atoms with Gasteiger partial charge in [-0.1, -0.05) is 48.5 Å². The van der Waals surface area contributed by atoms with Gasteiger partial charge in [-0.05, 0) is 23.8 Å². The highest BCUT2D eigenvalue weighted by Crippen LogP contribution is 2.31. The third kappa shape index (κ3) is 4.52. The van der Waals surface area contributed by atoms with Crippen LogP contribution in [0.1, 0.15) is 23.6 Å². The molecule has 0 aliphatic carbocycles. The van der Waals surface area contributed by atoms with Gasteiger partial charge in [0.1, 0.15) is 5.75 Å². The van der Waals surface area contributed by atoms with Crippen molar-refractivity contribution in [1.82, 2.24) is 5.32 Å². The summed E-state index contributed by atoms with van der Waals surface area (Å²) in [7, 11) is 0. The SMILES string of the molecule is O=C(CSCCc1ccccc1)N[C@H]1CCOc2ccccc21. The van der Waals surface area contributed by atoms with Crippen molar-refractivity contribution in [3.8, 4) is 5.75 Å². The molecule has 3 rings (SSSR count). The van der Waals surface area contributed by atoms with Gasteiger partial charge in [-0.25, -0.2) is 0 Å². The minimum Gasteiger partial charge on any atom is -0.493 e. The number of aryl methyl sites for hydroxylation is 1. The lowest BCUT2D eigenvalue weighted by Crippen LogP contribution is -2.33. The monoisotopic (exact) mass is 327 g/mol. The molecule has 0 saturated heterocycles. The standard InChI is InChI=1S/C19H21NO2S/c21-19(14-23-13-11-15-6-2-1-3-7-15)20-17-10-12-22-18-9-5-4-8-16(17)18/h1-9,17H,10-14H2,(H,20,21)/t17-/m0/s1. The van der Waals surface area contributed by atoms with E-state index in [-0.39, 0.29) is 11.9 Å². The third-order valence-corrected chi connectivity index (χ3v) is 4.86. The summed E-state index contributed by atoms with van der Waals surface area (Å²) in [6.45, 7) is 0.656. The largest absolute Gasteiger partial charge is 0.493 e. The van der Waals surface area contributed by atoms with Crippen LogP contribution in [0.15, 0.2) is 54.6 Å². The maximum absolute atomic E-state index is 12.2. The Labute approximate surface area is 141 Å². The zero-order chi connectivity index (χ0) is 15.9. The van der Waals surface area contributed by atoms with Crippen LogP contribution in [0.5, 0.6) is 5.75 Å². The first-order valence-electron chi connectivity index (χ1n) is 7.96. The second kappa shape index (κ2) is 8.06. The molecule has 1 N–H and O–H groups in total. The van der Waals surface area contributed by atoms with E-state index >= 15 is 0 Å². The molecule has 1 aliphatic heterocycles. The fourth-order valence-electron chi connectivity index (χ4n) is 2.73. The fourth-order valence-corrected chi connectivity index (χ4v) is 3.52. The number of carbonyl (C=O) groups is 1.